The number of nitrogens with one attached hydrogen (secondary N) is 1. The molecule has 1 N–H and O–H groups in total. The van der Waals surface area contributed by atoms with Gasteiger partial charge < -0.3 is 5.32 Å². The number of nitrogens with zero attached hydrogens (tertiary/aromatic N) is 2. The van der Waals surface area contributed by atoms with Gasteiger partial charge in [0.1, 0.15) is 0 Å². The Morgan fingerprint density at radius 2 is 1.88 bits per heavy atom. The second-order valence-electron chi connectivity index (χ2n) is 6.99. The predicted molar refractivity (Wildman–Crippen MR) is 99.9 cm³/mol. The number of carbonyl (C=O) groups excluding carboxylic acids is 1. The van der Waals surface area contributed by atoms with Gasteiger partial charge in [-0.1, -0.05) is 30.3 Å². The second-order valence-corrected chi connectivity index (χ2v) is 6.99. The molecule has 0 radical (unpaired) electrons. The summed E-state index contributed by atoms with van der Waals surface area (Å²) in [6, 6.07) is 16.0. The van der Waals surface area contributed by atoms with E-state index in [0.29, 0.717) is 12.1 Å². The van der Waals surface area contributed by atoms with Crippen LogP contribution in [0.25, 0.3) is 0 Å². The van der Waals surface area contributed by atoms with Crippen LogP contribution in [0.2, 0.25) is 0 Å². The van der Waals surface area contributed by atoms with Crippen LogP contribution in [-0.4, -0.2) is 34.4 Å². The first kappa shape index (κ1) is 18.1. The van der Waals surface area contributed by atoms with Gasteiger partial charge in [-0.15, -0.1) is 0 Å². The molecule has 6 nitrogen and oxygen atoms in total. The van der Waals surface area contributed by atoms with Crippen LogP contribution in [0.5, 0.6) is 0 Å². The quantitative estimate of drug-likeness (QED) is 0.638. The highest BCUT2D eigenvalue weighted by Gasteiger charge is 2.36. The van der Waals surface area contributed by atoms with E-state index in [1.807, 2.05) is 18.2 Å². The van der Waals surface area contributed by atoms with Crippen LogP contribution in [0.3, 0.4) is 0 Å². The molecular weight excluding hydrogens is 330 g/mol. The third kappa shape index (κ3) is 4.08. The fourth-order valence-corrected chi connectivity index (χ4v) is 3.46. The van der Waals surface area contributed by atoms with E-state index in [1.54, 1.807) is 0 Å². The summed E-state index contributed by atoms with van der Waals surface area (Å²) in [7, 11) is 0. The first-order valence-corrected chi connectivity index (χ1v) is 8.80. The molecule has 1 amide bonds. The molecule has 3 rings (SSSR count). The Labute approximate surface area is 153 Å². The molecule has 26 heavy (non-hydrogen) atoms. The van der Waals surface area contributed by atoms with Crippen molar-refractivity contribution in [3.8, 4) is 0 Å². The topological polar surface area (TPSA) is 75.5 Å². The summed E-state index contributed by atoms with van der Waals surface area (Å²) in [4.78, 5) is 25.0. The van der Waals surface area contributed by atoms with E-state index >= 15 is 0 Å². The zero-order valence-electron chi connectivity index (χ0n) is 14.9. The molecule has 0 unspecified atom stereocenters. The average molecular weight is 353 g/mol. The molecule has 0 bridgehead atoms. The number of hydrogen-bond acceptors (Lipinski definition) is 4. The van der Waals surface area contributed by atoms with Gasteiger partial charge in [-0.25, -0.2) is 0 Å². The highest BCUT2D eigenvalue weighted by atomic mass is 16.6. The summed E-state index contributed by atoms with van der Waals surface area (Å²) in [5, 5.41) is 13.7. The molecule has 136 valence electrons. The molecular formula is C20H23N3O3. The molecule has 2 aromatic rings. The molecule has 0 aromatic heterocycles. The smallest absolute Gasteiger partial charge is 0.269 e. The van der Waals surface area contributed by atoms with Gasteiger partial charge in [0.2, 0.25) is 0 Å². The van der Waals surface area contributed by atoms with Crippen molar-refractivity contribution in [2.45, 2.75) is 31.8 Å². The van der Waals surface area contributed by atoms with Gasteiger partial charge in [0.25, 0.3) is 11.6 Å². The van der Waals surface area contributed by atoms with Crippen molar-refractivity contribution in [1.82, 2.24) is 10.2 Å². The zero-order valence-corrected chi connectivity index (χ0v) is 14.9. The Morgan fingerprint density at radius 1 is 1.19 bits per heavy atom. The van der Waals surface area contributed by atoms with Crippen LogP contribution in [0, 0.1) is 10.1 Å². The van der Waals surface area contributed by atoms with Crippen LogP contribution in [0.15, 0.2) is 54.6 Å². The van der Waals surface area contributed by atoms with Crippen molar-refractivity contribution in [3.05, 3.63) is 75.8 Å². The maximum atomic E-state index is 12.4. The van der Waals surface area contributed by atoms with Gasteiger partial charge in [-0.2, -0.15) is 0 Å². The first-order chi connectivity index (χ1) is 12.5. The Balaban J connectivity index is 1.61. The van der Waals surface area contributed by atoms with E-state index in [2.05, 4.69) is 29.3 Å². The van der Waals surface area contributed by atoms with Crippen molar-refractivity contribution in [2.75, 3.05) is 13.1 Å². The number of likely N-dealkylation sites (tertiary alicyclic amines) is 1. The van der Waals surface area contributed by atoms with Gasteiger partial charge in [0.15, 0.2) is 0 Å². The van der Waals surface area contributed by atoms with Gasteiger partial charge in [-0.3, -0.25) is 19.8 Å². The van der Waals surface area contributed by atoms with Crippen LogP contribution < -0.4 is 5.32 Å². The van der Waals surface area contributed by atoms with Crippen molar-refractivity contribution in [1.29, 1.82) is 0 Å². The minimum Gasteiger partial charge on any atom is -0.350 e. The molecule has 1 heterocycles. The highest BCUT2D eigenvalue weighted by Crippen LogP contribution is 2.30. The molecule has 1 aliphatic heterocycles. The van der Waals surface area contributed by atoms with Gasteiger partial charge in [0, 0.05) is 36.3 Å². The summed E-state index contributed by atoms with van der Waals surface area (Å²) in [6.07, 6.45) is 2.14. The van der Waals surface area contributed by atoms with Crippen molar-refractivity contribution in [2.24, 2.45) is 0 Å². The summed E-state index contributed by atoms with van der Waals surface area (Å²) in [6.45, 7) is 4.61. The lowest BCUT2D eigenvalue weighted by atomic mass is 9.98. The lowest BCUT2D eigenvalue weighted by Crippen LogP contribution is -2.49. The monoisotopic (exact) mass is 353 g/mol. The minimum absolute atomic E-state index is 0.0154. The van der Waals surface area contributed by atoms with E-state index in [0.717, 1.165) is 25.9 Å². The number of nitro groups is 1. The number of non-ortho nitro benzene ring substituents is 1. The summed E-state index contributed by atoms with van der Waals surface area (Å²) < 4.78 is 0. The predicted octanol–water partition coefficient (Wildman–Crippen LogP) is 3.38. The zero-order chi connectivity index (χ0) is 18.6. The normalized spacial score (nSPS) is 20.0. The van der Waals surface area contributed by atoms with Crippen molar-refractivity contribution >= 4 is 11.6 Å². The maximum Gasteiger partial charge on any atom is 0.269 e. The SMILES string of the molecule is C[C@]1(CNC(=O)c2ccc([N+](=O)[O-])cc2)CCCN1Cc1ccccc1. The third-order valence-electron chi connectivity index (χ3n) is 5.09. The summed E-state index contributed by atoms with van der Waals surface area (Å²) in [5.74, 6) is -0.201. The Bertz CT molecular complexity index is 777. The molecule has 6 heteroatoms. The molecule has 0 aliphatic carbocycles. The van der Waals surface area contributed by atoms with Crippen LogP contribution in [-0.2, 0) is 6.54 Å². The molecule has 1 fully saturated rings. The van der Waals surface area contributed by atoms with E-state index in [9.17, 15) is 14.9 Å². The van der Waals surface area contributed by atoms with Crippen molar-refractivity contribution < 1.29 is 9.72 Å². The van der Waals surface area contributed by atoms with Crippen LogP contribution >= 0.6 is 0 Å². The third-order valence-corrected chi connectivity index (χ3v) is 5.09. The second kappa shape index (κ2) is 7.66. The largest absolute Gasteiger partial charge is 0.350 e. The molecule has 0 spiro atoms. The molecule has 1 aliphatic rings. The van der Waals surface area contributed by atoms with Gasteiger partial charge >= 0.3 is 0 Å². The number of hydrogen-bond donors (Lipinski definition) is 1. The summed E-state index contributed by atoms with van der Waals surface area (Å²) in [5.41, 5.74) is 1.60. The van der Waals surface area contributed by atoms with E-state index in [4.69, 9.17) is 0 Å². The molecule has 2 aromatic carbocycles. The lowest BCUT2D eigenvalue weighted by Gasteiger charge is -2.35. The minimum atomic E-state index is -0.470. The summed E-state index contributed by atoms with van der Waals surface area (Å²) >= 11 is 0. The number of benzene rings is 2. The Kier molecular flexibility index (Phi) is 5.32. The van der Waals surface area contributed by atoms with Gasteiger partial charge in [0.05, 0.1) is 4.92 Å². The molecule has 1 saturated heterocycles. The van der Waals surface area contributed by atoms with E-state index < -0.39 is 4.92 Å². The highest BCUT2D eigenvalue weighted by molar-refractivity contribution is 5.94. The first-order valence-electron chi connectivity index (χ1n) is 8.80. The maximum absolute atomic E-state index is 12.4. The van der Waals surface area contributed by atoms with E-state index in [-0.39, 0.29) is 17.1 Å². The fourth-order valence-electron chi connectivity index (χ4n) is 3.46. The number of rotatable bonds is 6. The Morgan fingerprint density at radius 3 is 2.54 bits per heavy atom. The van der Waals surface area contributed by atoms with Crippen LogP contribution in [0.1, 0.15) is 35.7 Å². The van der Waals surface area contributed by atoms with Gasteiger partial charge in [-0.05, 0) is 44.0 Å². The fraction of sp³-hybridized carbons (Fsp3) is 0.350. The lowest BCUT2D eigenvalue weighted by molar-refractivity contribution is -0.384. The number of amides is 1. The van der Waals surface area contributed by atoms with Crippen LogP contribution in [0.4, 0.5) is 5.69 Å². The van der Waals surface area contributed by atoms with Crippen molar-refractivity contribution in [3.63, 3.8) is 0 Å². The molecule has 0 saturated carbocycles. The standard InChI is InChI=1S/C20H23N3O3/c1-20(12-5-13-22(20)14-16-6-3-2-4-7-16)15-21-19(24)17-8-10-18(11-9-17)23(25)26/h2-4,6-11H,5,12-15H2,1H3,(H,21,24)/t20-/m1/s1. The van der Waals surface area contributed by atoms with E-state index in [1.165, 1.54) is 29.8 Å². The number of carbonyl (C=O) groups is 1. The number of nitro benzene ring substituents is 1. The molecule has 1 atom stereocenters. The average Bonchev–Trinajstić information content (AvgIpc) is 3.01. The Hall–Kier alpha value is -2.73.